The lowest BCUT2D eigenvalue weighted by atomic mass is 9.30. The fraction of sp³-hybridized carbons (Fsp3) is 0.373. The van der Waals surface area contributed by atoms with Crippen LogP contribution in [-0.2, 0) is 0 Å². The molecular weight excluding hydrogens is 1190 g/mol. The molecule has 0 unspecified atom stereocenters. The highest BCUT2D eigenvalue weighted by Gasteiger charge is 2.42. The average molecular weight is 1270 g/mol. The summed E-state index contributed by atoms with van der Waals surface area (Å²) in [5.74, 6) is 5.67. The lowest BCUT2D eigenvalue weighted by Crippen LogP contribution is -2.61. The van der Waals surface area contributed by atoms with Crippen LogP contribution < -0.4 is 42.3 Å². The lowest BCUT2D eigenvalue weighted by Gasteiger charge is -2.36. The third kappa shape index (κ3) is 14.3. The van der Waals surface area contributed by atoms with Gasteiger partial charge in [0.15, 0.2) is 12.9 Å². The number of rotatable bonds is 9. The van der Waals surface area contributed by atoms with Crippen molar-refractivity contribution in [1.82, 2.24) is 4.57 Å². The van der Waals surface area contributed by atoms with Crippen LogP contribution in [0, 0.1) is 27.7 Å². The van der Waals surface area contributed by atoms with Crippen molar-refractivity contribution in [2.45, 2.75) is 159 Å². The molecule has 2 aliphatic heterocycles. The zero-order valence-electron chi connectivity index (χ0n) is 49.3. The molecule has 428 valence electrons. The van der Waals surface area contributed by atoms with Crippen molar-refractivity contribution < 1.29 is 9.47 Å². The molecule has 0 N–H and O–H groups in total. The first kappa shape index (κ1) is 65.2. The molecule has 0 saturated carbocycles. The van der Waals surface area contributed by atoms with E-state index >= 15 is 0 Å². The summed E-state index contributed by atoms with van der Waals surface area (Å²) in [6.07, 6.45) is 0. The van der Waals surface area contributed by atoms with Crippen molar-refractivity contribution in [2.75, 3.05) is 0 Å². The Kier molecular flexibility index (Phi) is 22.0. The zero-order chi connectivity index (χ0) is 59.8. The van der Waals surface area contributed by atoms with Gasteiger partial charge in [0.1, 0.15) is 23.0 Å². The molecule has 3 nitrogen and oxygen atoms in total. The Morgan fingerprint density at radius 1 is 0.358 bits per heavy atom. The van der Waals surface area contributed by atoms with Crippen LogP contribution >= 0.6 is 104 Å². The molecule has 0 spiro atoms. The summed E-state index contributed by atoms with van der Waals surface area (Å²) < 4.78 is 14.8. The van der Waals surface area contributed by atoms with Crippen molar-refractivity contribution in [3.8, 4) is 28.7 Å². The first-order chi connectivity index (χ1) is 38.0. The topological polar surface area (TPSA) is 23.4 Å². The second-order valence-corrected chi connectivity index (χ2v) is 29.4. The molecule has 81 heavy (non-hydrogen) atoms. The Morgan fingerprint density at radius 3 is 1.07 bits per heavy atom. The van der Waals surface area contributed by atoms with Crippen LogP contribution in [0.3, 0.4) is 0 Å². The highest BCUT2D eigenvalue weighted by molar-refractivity contribution is 7.00. The number of hydrogen-bond donors (Lipinski definition) is 0. The molecule has 2 aliphatic rings. The number of para-hydroxylation sites is 1. The molecule has 3 heterocycles. The zero-order valence-corrected chi connectivity index (χ0v) is 56.1. The van der Waals surface area contributed by atoms with Crippen LogP contribution in [0.25, 0.3) is 27.5 Å². The molecule has 0 bridgehead atoms. The fourth-order valence-electron chi connectivity index (χ4n) is 12.2. The van der Waals surface area contributed by atoms with Crippen LogP contribution in [0.5, 0.6) is 23.0 Å². The van der Waals surface area contributed by atoms with E-state index in [1.807, 2.05) is 0 Å². The number of halogens is 9. The van der Waals surface area contributed by atoms with E-state index in [1.165, 1.54) is 110 Å². The minimum atomic E-state index is -0.750. The molecule has 14 heteroatoms. The molecule has 0 saturated heterocycles. The SMILES string of the molecule is Cc1cc(C)c2c(c1)c1cc(C)cc(C)c1n2-c1ccc2c(c1)Oc1cc3c(cc1B2c1c(C(C)C)cc(C(C)C)cc1C(C)C)B(c1c(C(C)C)cc(C(C)C)cc1C(C)C)c1ccccc1O3.ClC(Cl)Cl.ClC(Cl)Cl.ClC(Cl)Cl. The molecule has 1 aromatic heterocycles. The van der Waals surface area contributed by atoms with E-state index in [2.05, 4.69) is 218 Å². The van der Waals surface area contributed by atoms with Gasteiger partial charge in [-0.2, -0.15) is 0 Å². The maximum Gasteiger partial charge on any atom is 0.251 e. The maximum absolute atomic E-state index is 7.42. The van der Waals surface area contributed by atoms with E-state index in [-0.39, 0.29) is 13.4 Å². The highest BCUT2D eigenvalue weighted by Crippen LogP contribution is 2.40. The van der Waals surface area contributed by atoms with Gasteiger partial charge in [-0.15, -0.1) is 0 Å². The summed E-state index contributed by atoms with van der Waals surface area (Å²) in [6, 6.07) is 40.0. The molecule has 8 aromatic rings. The smallest absolute Gasteiger partial charge is 0.251 e. The van der Waals surface area contributed by atoms with Gasteiger partial charge in [-0.1, -0.05) is 276 Å². The number of alkyl halides is 9. The van der Waals surface area contributed by atoms with Crippen molar-refractivity contribution in [3.05, 3.63) is 159 Å². The third-order valence-electron chi connectivity index (χ3n) is 15.6. The summed E-state index contributed by atoms with van der Waals surface area (Å²) >= 11 is 43.3. The fourth-order valence-corrected chi connectivity index (χ4v) is 12.2. The number of aromatic nitrogens is 1. The normalized spacial score (nSPS) is 12.7. The Morgan fingerprint density at radius 2 is 0.704 bits per heavy atom. The first-order valence-corrected chi connectivity index (χ1v) is 31.9. The van der Waals surface area contributed by atoms with Crippen molar-refractivity contribution in [1.29, 1.82) is 0 Å². The molecule has 0 amide bonds. The molecule has 0 radical (unpaired) electrons. The van der Waals surface area contributed by atoms with Crippen LogP contribution in [0.4, 0.5) is 0 Å². The Labute approximate surface area is 528 Å². The van der Waals surface area contributed by atoms with Gasteiger partial charge in [0, 0.05) is 28.6 Å². The number of fused-ring (bicyclic) bond motifs is 7. The molecule has 0 fully saturated rings. The Bertz CT molecular complexity index is 3420. The number of hydrogen-bond acceptors (Lipinski definition) is 2. The van der Waals surface area contributed by atoms with Crippen molar-refractivity contribution in [3.63, 3.8) is 0 Å². The number of benzene rings is 7. The van der Waals surface area contributed by atoms with E-state index < -0.39 is 12.9 Å². The Hall–Kier alpha value is -3.32. The minimum absolute atomic E-state index is 0.0257. The van der Waals surface area contributed by atoms with Crippen LogP contribution in [-0.4, -0.2) is 30.9 Å². The van der Waals surface area contributed by atoms with Crippen molar-refractivity contribution in [2.24, 2.45) is 0 Å². The van der Waals surface area contributed by atoms with E-state index in [0.29, 0.717) is 35.5 Å². The van der Waals surface area contributed by atoms with E-state index in [9.17, 15) is 0 Å². The van der Waals surface area contributed by atoms with Gasteiger partial charge < -0.3 is 14.0 Å². The lowest BCUT2D eigenvalue weighted by molar-refractivity contribution is 0.465. The van der Waals surface area contributed by atoms with Gasteiger partial charge in [-0.05, 0) is 154 Å². The Balaban J connectivity index is 0.000000720. The average Bonchev–Trinajstić information content (AvgIpc) is 3.93. The third-order valence-corrected chi connectivity index (χ3v) is 15.6. The second-order valence-electron chi connectivity index (χ2n) is 23.4. The van der Waals surface area contributed by atoms with E-state index in [1.54, 1.807) is 0 Å². The monoisotopic (exact) mass is 1260 g/mol. The molecule has 0 aliphatic carbocycles. The summed E-state index contributed by atoms with van der Waals surface area (Å²) in [6.45, 7) is 37.1. The van der Waals surface area contributed by atoms with Crippen molar-refractivity contribution >= 4 is 172 Å². The van der Waals surface area contributed by atoms with Crippen LogP contribution in [0.1, 0.15) is 174 Å². The van der Waals surface area contributed by atoms with E-state index in [4.69, 9.17) is 114 Å². The second kappa shape index (κ2) is 27.4. The summed E-state index contributed by atoms with van der Waals surface area (Å²) in [7, 11) is 0. The molecule has 10 rings (SSSR count). The predicted octanol–water partition coefficient (Wildman–Crippen LogP) is 20.0. The summed E-state index contributed by atoms with van der Waals surface area (Å²) in [5, 5.41) is 2.59. The summed E-state index contributed by atoms with van der Waals surface area (Å²) in [5.41, 5.74) is 24.9. The van der Waals surface area contributed by atoms with Gasteiger partial charge in [0.05, 0.1) is 11.0 Å². The highest BCUT2D eigenvalue weighted by atomic mass is 35.6. The molecule has 7 aromatic carbocycles. The summed E-state index contributed by atoms with van der Waals surface area (Å²) in [4.78, 5) is 0. The molecule has 0 atom stereocenters. The predicted molar refractivity (Wildman–Crippen MR) is 364 cm³/mol. The van der Waals surface area contributed by atoms with E-state index in [0.717, 1.165) is 28.7 Å². The van der Waals surface area contributed by atoms with Gasteiger partial charge in [-0.3, -0.25) is 0 Å². The van der Waals surface area contributed by atoms with Gasteiger partial charge in [-0.25, -0.2) is 0 Å². The first-order valence-electron chi connectivity index (χ1n) is 27.9. The maximum atomic E-state index is 7.42. The largest absolute Gasteiger partial charge is 0.458 e. The number of nitrogens with zero attached hydrogens (tertiary/aromatic N) is 1. The van der Waals surface area contributed by atoms with Gasteiger partial charge >= 0.3 is 0 Å². The van der Waals surface area contributed by atoms with Gasteiger partial charge in [0.2, 0.25) is 0 Å². The standard InChI is InChI=1S/C64H71B2NO2.3CHCl3/c1-34(2)44-27-47(36(5)6)61(48(28-44)37(7)8)65-53-19-17-18-20-57(53)68-59-33-60-56(32-55(59)65)66(62-49(38(9)10)29-45(35(3)4)30-50(62)39(11)12)54-22-21-46(31-58(54)69-60)67-63-42(15)23-40(13)25-51(63)52-26-41(14)24-43(16)64(52)67;3*2-1(3)4/h17-39H,1-16H3;3*1H. The van der Waals surface area contributed by atoms with Crippen LogP contribution in [0.15, 0.2) is 103 Å². The van der Waals surface area contributed by atoms with Gasteiger partial charge in [0.25, 0.3) is 13.4 Å². The molecular formula is C67H74B2Cl9NO2. The number of aryl methyl sites for hydroxylation is 4. The minimum Gasteiger partial charge on any atom is -0.458 e. The van der Waals surface area contributed by atoms with Crippen LogP contribution in [0.2, 0.25) is 0 Å². The quantitative estimate of drug-likeness (QED) is 0.106. The number of ether oxygens (including phenoxy) is 2.